The average Bonchev–Trinajstić information content (AvgIpc) is 2.95. The van der Waals surface area contributed by atoms with Crippen molar-refractivity contribution in [3.8, 4) is 34.3 Å². The Hall–Kier alpha value is -4.72. The van der Waals surface area contributed by atoms with Crippen LogP contribution in [0.5, 0.6) is 23.0 Å². The molecule has 1 atom stereocenters. The van der Waals surface area contributed by atoms with Crippen molar-refractivity contribution in [2.45, 2.75) is 12.3 Å². The first-order valence-electron chi connectivity index (χ1n) is 12.2. The second-order valence-corrected chi connectivity index (χ2v) is 9.25. The van der Waals surface area contributed by atoms with E-state index in [1.54, 1.807) is 28.4 Å². The predicted octanol–water partition coefficient (Wildman–Crippen LogP) is 5.34. The molecule has 38 heavy (non-hydrogen) atoms. The lowest BCUT2D eigenvalue weighted by molar-refractivity contribution is 0.356. The van der Waals surface area contributed by atoms with Gasteiger partial charge in [-0.15, -0.1) is 0 Å². The van der Waals surface area contributed by atoms with Crippen LogP contribution in [0, 0.1) is 0 Å². The van der Waals surface area contributed by atoms with Crippen LogP contribution in [0.3, 0.4) is 0 Å². The highest BCUT2D eigenvalue weighted by molar-refractivity contribution is 6.05. The number of hydrogen-bond donors (Lipinski definition) is 2. The fraction of sp³-hybridized carbons (Fsp3) is 0.200. The van der Waals surface area contributed by atoms with Crippen molar-refractivity contribution in [1.82, 2.24) is 9.97 Å². The van der Waals surface area contributed by atoms with E-state index < -0.39 is 0 Å². The molecule has 2 heterocycles. The molecule has 0 spiro atoms. The van der Waals surface area contributed by atoms with Crippen molar-refractivity contribution in [3.05, 3.63) is 71.4 Å². The zero-order valence-electron chi connectivity index (χ0n) is 21.7. The van der Waals surface area contributed by atoms with Crippen LogP contribution in [0.2, 0.25) is 0 Å². The standard InChI is InChI=1S/C30H28N4O4/c1-35-22-11-17-19(13-24(22)37-3)33-21-10-16(15-8-6-5-7-9-15)26-28(31)18-12-23(36-2)25(38-4)14-20(18)34-30(26)27(21)29(17)32/h5-9,11-14,16H,10H2,1-4H3,(H2,31,34)(H2,32,33). The van der Waals surface area contributed by atoms with E-state index in [4.69, 9.17) is 40.4 Å². The minimum absolute atomic E-state index is 0.0619. The number of nitrogens with zero attached hydrogens (tertiary/aromatic N) is 2. The molecular formula is C30H28N4O4. The van der Waals surface area contributed by atoms with Crippen LogP contribution in [-0.2, 0) is 6.42 Å². The van der Waals surface area contributed by atoms with Gasteiger partial charge in [0.2, 0.25) is 0 Å². The molecule has 0 bridgehead atoms. The van der Waals surface area contributed by atoms with Crippen molar-refractivity contribution in [2.75, 3.05) is 39.9 Å². The SMILES string of the molecule is COc1cc2nc3c(c(N)c2cc1OC)-c1nc2cc(OC)c(OC)cc2c(N)c1C(c1ccccc1)C3. The van der Waals surface area contributed by atoms with Gasteiger partial charge in [-0.05, 0) is 17.7 Å². The number of benzene rings is 3. The van der Waals surface area contributed by atoms with E-state index >= 15 is 0 Å². The fourth-order valence-corrected chi connectivity index (χ4v) is 5.52. The molecule has 1 aliphatic carbocycles. The normalized spacial score (nSPS) is 14.2. The Morgan fingerprint density at radius 3 is 1.79 bits per heavy atom. The molecular weight excluding hydrogens is 480 g/mol. The lowest BCUT2D eigenvalue weighted by atomic mass is 9.77. The topological polar surface area (TPSA) is 115 Å². The van der Waals surface area contributed by atoms with E-state index in [0.29, 0.717) is 46.3 Å². The third-order valence-electron chi connectivity index (χ3n) is 7.36. The van der Waals surface area contributed by atoms with E-state index in [9.17, 15) is 0 Å². The van der Waals surface area contributed by atoms with Gasteiger partial charge in [-0.2, -0.15) is 0 Å². The van der Waals surface area contributed by atoms with Crippen molar-refractivity contribution in [1.29, 1.82) is 0 Å². The summed E-state index contributed by atoms with van der Waals surface area (Å²) in [5.41, 5.74) is 20.9. The number of methoxy groups -OCH3 is 4. The first kappa shape index (κ1) is 23.7. The minimum Gasteiger partial charge on any atom is -0.493 e. The maximum atomic E-state index is 6.95. The largest absolute Gasteiger partial charge is 0.493 e. The van der Waals surface area contributed by atoms with E-state index in [-0.39, 0.29) is 5.92 Å². The molecule has 4 N–H and O–H groups in total. The number of nitrogens with two attached hydrogens (primary N) is 2. The van der Waals surface area contributed by atoms with E-state index in [1.807, 2.05) is 42.5 Å². The van der Waals surface area contributed by atoms with Gasteiger partial charge in [0.25, 0.3) is 0 Å². The summed E-state index contributed by atoms with van der Waals surface area (Å²) in [7, 11) is 6.41. The maximum Gasteiger partial charge on any atom is 0.162 e. The maximum absolute atomic E-state index is 6.95. The molecule has 6 rings (SSSR count). The number of hydrogen-bond acceptors (Lipinski definition) is 8. The second-order valence-electron chi connectivity index (χ2n) is 9.25. The fourth-order valence-electron chi connectivity index (χ4n) is 5.52. The van der Waals surface area contributed by atoms with Crippen molar-refractivity contribution in [2.24, 2.45) is 0 Å². The molecule has 0 aliphatic heterocycles. The quantitative estimate of drug-likeness (QED) is 0.327. The van der Waals surface area contributed by atoms with Crippen LogP contribution in [0.1, 0.15) is 22.7 Å². The van der Waals surface area contributed by atoms with Crippen molar-refractivity contribution < 1.29 is 18.9 Å². The van der Waals surface area contributed by atoms with Gasteiger partial charge in [0.1, 0.15) is 0 Å². The Bertz CT molecular complexity index is 1720. The molecule has 2 aromatic heterocycles. The van der Waals surface area contributed by atoms with Crippen molar-refractivity contribution in [3.63, 3.8) is 0 Å². The molecule has 0 saturated heterocycles. The highest BCUT2D eigenvalue weighted by Crippen LogP contribution is 2.50. The molecule has 8 nitrogen and oxygen atoms in total. The summed E-state index contributed by atoms with van der Waals surface area (Å²) in [4.78, 5) is 10.2. The number of ether oxygens (including phenoxy) is 4. The molecule has 3 aromatic carbocycles. The number of aromatic nitrogens is 2. The Labute approximate surface area is 220 Å². The van der Waals surface area contributed by atoms with Crippen molar-refractivity contribution >= 4 is 33.2 Å². The highest BCUT2D eigenvalue weighted by atomic mass is 16.5. The van der Waals surface area contributed by atoms with Gasteiger partial charge >= 0.3 is 0 Å². The van der Waals surface area contributed by atoms with Crippen LogP contribution < -0.4 is 30.4 Å². The first-order valence-corrected chi connectivity index (χ1v) is 12.2. The lowest BCUT2D eigenvalue weighted by Crippen LogP contribution is -2.19. The molecule has 192 valence electrons. The van der Waals surface area contributed by atoms with Crippen LogP contribution >= 0.6 is 0 Å². The van der Waals surface area contributed by atoms with Crippen LogP contribution in [0.15, 0.2) is 54.6 Å². The number of pyridine rings is 2. The monoisotopic (exact) mass is 508 g/mol. The number of rotatable bonds is 5. The molecule has 0 radical (unpaired) electrons. The zero-order valence-corrected chi connectivity index (χ0v) is 21.7. The molecule has 1 unspecified atom stereocenters. The third kappa shape index (κ3) is 3.44. The first-order chi connectivity index (χ1) is 18.5. The average molecular weight is 509 g/mol. The summed E-state index contributed by atoms with van der Waals surface area (Å²) >= 11 is 0. The zero-order chi connectivity index (χ0) is 26.6. The van der Waals surface area contributed by atoms with Gasteiger partial charge in [-0.1, -0.05) is 30.3 Å². The summed E-state index contributed by atoms with van der Waals surface area (Å²) < 4.78 is 22.2. The Morgan fingerprint density at radius 1 is 0.684 bits per heavy atom. The summed E-state index contributed by atoms with van der Waals surface area (Å²) in [6.07, 6.45) is 0.617. The lowest BCUT2D eigenvalue weighted by Gasteiger charge is -2.30. The summed E-state index contributed by atoms with van der Waals surface area (Å²) in [6, 6.07) is 17.7. The number of anilines is 2. The molecule has 0 saturated carbocycles. The molecule has 0 amide bonds. The molecule has 8 heteroatoms. The van der Waals surface area contributed by atoms with Gasteiger partial charge in [0.05, 0.1) is 56.5 Å². The van der Waals surface area contributed by atoms with Crippen LogP contribution in [0.4, 0.5) is 11.4 Å². The van der Waals surface area contributed by atoms with Gasteiger partial charge in [0, 0.05) is 52.1 Å². The van der Waals surface area contributed by atoms with Gasteiger partial charge in [0.15, 0.2) is 23.0 Å². The number of nitrogen functional groups attached to an aromatic ring is 2. The molecule has 1 aliphatic rings. The number of fused-ring (bicyclic) bond motifs is 5. The smallest absolute Gasteiger partial charge is 0.162 e. The highest BCUT2D eigenvalue weighted by Gasteiger charge is 2.34. The van der Waals surface area contributed by atoms with Gasteiger partial charge in [-0.25, -0.2) is 4.98 Å². The summed E-state index contributed by atoms with van der Waals surface area (Å²) in [5.74, 6) is 2.28. The Morgan fingerprint density at radius 2 is 1.21 bits per heavy atom. The Kier molecular flexibility index (Phi) is 5.60. The van der Waals surface area contributed by atoms with E-state index in [1.165, 1.54) is 0 Å². The van der Waals surface area contributed by atoms with E-state index in [0.717, 1.165) is 44.4 Å². The van der Waals surface area contributed by atoms with Gasteiger partial charge < -0.3 is 30.4 Å². The van der Waals surface area contributed by atoms with E-state index in [2.05, 4.69) is 12.1 Å². The molecule has 0 fully saturated rings. The summed E-state index contributed by atoms with van der Waals surface area (Å²) in [5, 5.41) is 1.56. The third-order valence-corrected chi connectivity index (χ3v) is 7.36. The predicted molar refractivity (Wildman–Crippen MR) is 150 cm³/mol. The molecule has 5 aromatic rings. The van der Waals surface area contributed by atoms with Crippen LogP contribution in [0.25, 0.3) is 33.1 Å². The minimum atomic E-state index is -0.0619. The Balaban J connectivity index is 1.72. The second kappa shape index (κ2) is 8.99. The van der Waals surface area contributed by atoms with Crippen LogP contribution in [-0.4, -0.2) is 38.4 Å². The summed E-state index contributed by atoms with van der Waals surface area (Å²) in [6.45, 7) is 0. The van der Waals surface area contributed by atoms with Gasteiger partial charge in [-0.3, -0.25) is 4.98 Å².